The van der Waals surface area contributed by atoms with Crippen molar-refractivity contribution in [1.82, 2.24) is 5.01 Å². The third kappa shape index (κ3) is 4.51. The van der Waals surface area contributed by atoms with Gasteiger partial charge in [-0.15, -0.1) is 6.58 Å². The number of phenolic OH excluding ortho intramolecular Hbond substituents is 1. The number of carbonyl (C=O) groups is 4. The van der Waals surface area contributed by atoms with E-state index in [0.29, 0.717) is 40.9 Å². The molecule has 2 heterocycles. The van der Waals surface area contributed by atoms with E-state index in [1.165, 1.54) is 4.90 Å². The largest absolute Gasteiger partial charge is 0.507 e. The summed E-state index contributed by atoms with van der Waals surface area (Å²) in [5.41, 5.74) is 6.38. The minimum absolute atomic E-state index is 0.0278. The molecule has 8 rings (SSSR count). The van der Waals surface area contributed by atoms with Crippen molar-refractivity contribution in [2.24, 2.45) is 23.7 Å². The molecule has 1 saturated carbocycles. The number of hydrogen-bond acceptors (Lipinski definition) is 6. The summed E-state index contributed by atoms with van der Waals surface area (Å²) >= 11 is 0. The van der Waals surface area contributed by atoms with Crippen molar-refractivity contribution in [2.75, 3.05) is 10.3 Å². The van der Waals surface area contributed by atoms with Gasteiger partial charge in [-0.25, -0.2) is 0 Å². The molecule has 2 saturated heterocycles. The molecule has 50 heavy (non-hydrogen) atoms. The summed E-state index contributed by atoms with van der Waals surface area (Å²) < 4.78 is 0. The van der Waals surface area contributed by atoms with Gasteiger partial charge in [-0.2, -0.15) is 5.01 Å². The Labute approximate surface area is 290 Å². The monoisotopic (exact) mass is 663 g/mol. The molecule has 0 radical (unpaired) electrons. The first-order chi connectivity index (χ1) is 24.3. The van der Waals surface area contributed by atoms with E-state index in [2.05, 4.69) is 12.0 Å². The quantitative estimate of drug-likeness (QED) is 0.170. The van der Waals surface area contributed by atoms with E-state index in [1.807, 2.05) is 91.9 Å². The number of rotatable bonds is 7. The van der Waals surface area contributed by atoms with Crippen LogP contribution in [0.5, 0.6) is 5.75 Å². The van der Waals surface area contributed by atoms with Gasteiger partial charge >= 0.3 is 0 Å². The Morgan fingerprint density at radius 1 is 0.840 bits per heavy atom. The zero-order valence-electron chi connectivity index (χ0n) is 27.7. The highest BCUT2D eigenvalue weighted by Crippen LogP contribution is 2.65. The van der Waals surface area contributed by atoms with E-state index in [4.69, 9.17) is 0 Å². The Morgan fingerprint density at radius 3 is 2.24 bits per heavy atom. The summed E-state index contributed by atoms with van der Waals surface area (Å²) in [5.74, 6) is -4.94. The Morgan fingerprint density at radius 2 is 1.54 bits per heavy atom. The molecule has 250 valence electrons. The summed E-state index contributed by atoms with van der Waals surface area (Å²) in [6.07, 6.45) is 4.60. The fourth-order valence-electron chi connectivity index (χ4n) is 9.09. The highest BCUT2D eigenvalue weighted by atomic mass is 16.3. The van der Waals surface area contributed by atoms with Crippen LogP contribution in [0.25, 0.3) is 0 Å². The number of nitrogens with zero attached hydrogens (tertiary/aromatic N) is 2. The fraction of sp³-hybridized carbons (Fsp3) is 0.238. The zero-order chi connectivity index (χ0) is 34.7. The smallest absolute Gasteiger partial charge is 0.260 e. The molecule has 8 heteroatoms. The number of anilines is 2. The van der Waals surface area contributed by atoms with Crippen LogP contribution >= 0.6 is 0 Å². The average molecular weight is 664 g/mol. The van der Waals surface area contributed by atoms with Crippen LogP contribution < -0.4 is 10.3 Å². The molecular formula is C42H37N3O5. The van der Waals surface area contributed by atoms with Gasteiger partial charge < -0.3 is 5.11 Å². The topological polar surface area (TPSA) is 107 Å². The van der Waals surface area contributed by atoms with E-state index >= 15 is 4.79 Å². The minimum Gasteiger partial charge on any atom is -0.507 e. The van der Waals surface area contributed by atoms with Crippen molar-refractivity contribution < 1.29 is 24.3 Å². The summed E-state index contributed by atoms with van der Waals surface area (Å²) in [6, 6.07) is 31.2. The molecule has 8 nitrogen and oxygen atoms in total. The highest BCUT2D eigenvalue weighted by Gasteiger charge is 2.70. The predicted octanol–water partition coefficient (Wildman–Crippen LogP) is 6.62. The molecule has 2 aliphatic carbocycles. The van der Waals surface area contributed by atoms with E-state index < -0.39 is 46.8 Å². The third-order valence-electron chi connectivity index (χ3n) is 11.2. The minimum atomic E-state index is -1.46. The summed E-state index contributed by atoms with van der Waals surface area (Å²) in [4.78, 5) is 59.8. The van der Waals surface area contributed by atoms with E-state index in [0.717, 1.165) is 16.1 Å². The molecule has 4 aromatic carbocycles. The molecule has 0 unspecified atom stereocenters. The SMILES string of the molecule is C=CCc1cccc([C@H]2C3=CC[C@@H]4C(=O)N(c5ccccc5)C(=O)[C@@H]4[C@@H]3C[C@H]3C(=O)N(Nc4ccc(C)cc4)C(=O)[C@@]23c2ccccc2)c1O. The highest BCUT2D eigenvalue weighted by molar-refractivity contribution is 6.22. The van der Waals surface area contributed by atoms with Crippen LogP contribution in [0, 0.1) is 30.6 Å². The van der Waals surface area contributed by atoms with Crippen molar-refractivity contribution in [2.45, 2.75) is 37.5 Å². The van der Waals surface area contributed by atoms with Crippen LogP contribution in [0.1, 0.15) is 41.0 Å². The molecule has 0 bridgehead atoms. The van der Waals surface area contributed by atoms with Gasteiger partial charge in [0.2, 0.25) is 11.8 Å². The van der Waals surface area contributed by atoms with Crippen LogP contribution in [0.3, 0.4) is 0 Å². The number of hydrogen-bond donors (Lipinski definition) is 2. The molecule has 4 aliphatic rings. The number of phenols is 1. The van der Waals surface area contributed by atoms with Gasteiger partial charge in [0, 0.05) is 11.5 Å². The number of benzene rings is 4. The lowest BCUT2D eigenvalue weighted by Crippen LogP contribution is -2.53. The van der Waals surface area contributed by atoms with E-state index in [1.54, 1.807) is 30.3 Å². The molecule has 2 N–H and O–H groups in total. The van der Waals surface area contributed by atoms with Gasteiger partial charge in [-0.1, -0.05) is 102 Å². The average Bonchev–Trinajstić information content (AvgIpc) is 3.52. The lowest BCUT2D eigenvalue weighted by Gasteiger charge is -2.50. The van der Waals surface area contributed by atoms with Crippen molar-refractivity contribution in [1.29, 1.82) is 0 Å². The Balaban J connectivity index is 1.34. The Bertz CT molecular complexity index is 2080. The van der Waals surface area contributed by atoms with Crippen LogP contribution in [0.15, 0.2) is 127 Å². The molecule has 6 atom stereocenters. The lowest BCUT2D eigenvalue weighted by molar-refractivity contribution is -0.138. The molecule has 4 aromatic rings. The maximum Gasteiger partial charge on any atom is 0.260 e. The number of aryl methyl sites for hydroxylation is 1. The summed E-state index contributed by atoms with van der Waals surface area (Å²) in [5, 5.41) is 13.1. The standard InChI is InChI=1S/C42H37N3O5/c1-3-11-26-12-10-17-32(37(26)46)36-30-22-23-31-35(40(49)44(38(31)47)29-15-8-5-9-16-29)33(30)24-34-39(48)45(43-28-20-18-25(2)19-21-28)41(50)42(34,36)27-13-6-4-7-14-27/h3-10,12-22,31,33-36,43,46H,1,11,23-24H2,2H3/t31-,33+,34-,35-,36+,42+/m0/s1. The van der Waals surface area contributed by atoms with E-state index in [-0.39, 0.29) is 24.0 Å². The summed E-state index contributed by atoms with van der Waals surface area (Å²) in [6.45, 7) is 5.83. The first kappa shape index (κ1) is 31.5. The second-order valence-electron chi connectivity index (χ2n) is 13.8. The van der Waals surface area contributed by atoms with Crippen molar-refractivity contribution in [3.8, 4) is 5.75 Å². The number of nitrogens with one attached hydrogen (secondary N) is 1. The van der Waals surface area contributed by atoms with Crippen molar-refractivity contribution in [3.05, 3.63) is 150 Å². The maximum absolute atomic E-state index is 15.3. The van der Waals surface area contributed by atoms with Gasteiger partial charge in [0.05, 0.1) is 34.5 Å². The molecular weight excluding hydrogens is 626 g/mol. The van der Waals surface area contributed by atoms with Crippen molar-refractivity contribution >= 4 is 35.0 Å². The van der Waals surface area contributed by atoms with Crippen molar-refractivity contribution in [3.63, 3.8) is 0 Å². The van der Waals surface area contributed by atoms with Crippen LogP contribution in [0.2, 0.25) is 0 Å². The van der Waals surface area contributed by atoms with Crippen LogP contribution in [0.4, 0.5) is 11.4 Å². The number of fused-ring (bicyclic) bond motifs is 4. The molecule has 2 aliphatic heterocycles. The fourth-order valence-corrected chi connectivity index (χ4v) is 9.09. The second kappa shape index (κ2) is 12.0. The van der Waals surface area contributed by atoms with Crippen LogP contribution in [-0.2, 0) is 31.0 Å². The predicted molar refractivity (Wildman–Crippen MR) is 190 cm³/mol. The third-order valence-corrected chi connectivity index (χ3v) is 11.2. The van der Waals surface area contributed by atoms with Gasteiger partial charge in [-0.3, -0.25) is 29.5 Å². The first-order valence-electron chi connectivity index (χ1n) is 17.1. The number of para-hydroxylation sites is 2. The number of amides is 4. The van der Waals surface area contributed by atoms with E-state index in [9.17, 15) is 19.5 Å². The maximum atomic E-state index is 15.3. The number of imide groups is 2. The van der Waals surface area contributed by atoms with Gasteiger partial charge in [0.1, 0.15) is 5.75 Å². The Hall–Kier alpha value is -5.76. The molecule has 0 spiro atoms. The number of hydrazine groups is 1. The number of aromatic hydroxyl groups is 1. The lowest BCUT2D eigenvalue weighted by atomic mass is 9.49. The Kier molecular flexibility index (Phi) is 7.55. The second-order valence-corrected chi connectivity index (χ2v) is 13.8. The van der Waals surface area contributed by atoms with Crippen LogP contribution in [-0.4, -0.2) is 33.7 Å². The first-order valence-corrected chi connectivity index (χ1v) is 17.1. The summed E-state index contributed by atoms with van der Waals surface area (Å²) in [7, 11) is 0. The zero-order valence-corrected chi connectivity index (χ0v) is 27.7. The van der Waals surface area contributed by atoms with Gasteiger partial charge in [-0.05, 0) is 67.5 Å². The normalized spacial score (nSPS) is 27.1. The molecule has 4 amide bonds. The molecule has 3 fully saturated rings. The van der Waals surface area contributed by atoms with Gasteiger partial charge in [0.15, 0.2) is 0 Å². The van der Waals surface area contributed by atoms with Gasteiger partial charge in [0.25, 0.3) is 11.8 Å². The molecule has 0 aromatic heterocycles. The number of allylic oxidation sites excluding steroid dienone is 3. The number of carbonyl (C=O) groups excluding carboxylic acids is 4.